The van der Waals surface area contributed by atoms with Crippen molar-refractivity contribution in [3.63, 3.8) is 0 Å². The van der Waals surface area contributed by atoms with Crippen LogP contribution in [0.4, 0.5) is 0 Å². The van der Waals surface area contributed by atoms with Gasteiger partial charge in [-0.3, -0.25) is 9.59 Å². The standard InChI is InChI=1S/C27H34O4/c1-5-6-7-8-9-10-21-11-13-22(14-12-21)25(28)16-15-23-17-19(2)24(18-26(29)30)20(3)27(23)31-4/h11-17H,5-10,18H2,1-4H3,(H,29,30). The molecule has 0 amide bonds. The molecule has 0 bridgehead atoms. The van der Waals surface area contributed by atoms with E-state index in [-0.39, 0.29) is 12.2 Å². The number of unbranched alkanes of at least 4 members (excludes halogenated alkanes) is 4. The molecule has 0 aliphatic heterocycles. The average Bonchev–Trinajstić information content (AvgIpc) is 2.75. The van der Waals surface area contributed by atoms with Gasteiger partial charge in [0.05, 0.1) is 13.5 Å². The van der Waals surface area contributed by atoms with Crippen LogP contribution in [-0.2, 0) is 17.6 Å². The molecule has 2 aromatic rings. The maximum absolute atomic E-state index is 12.6. The predicted molar refractivity (Wildman–Crippen MR) is 126 cm³/mol. The van der Waals surface area contributed by atoms with Crippen LogP contribution in [0.15, 0.2) is 36.4 Å². The SMILES string of the molecule is CCCCCCCc1ccc(C(=O)C=Cc2cc(C)c(CC(=O)O)c(C)c2OC)cc1. The van der Waals surface area contributed by atoms with Crippen molar-refractivity contribution in [2.24, 2.45) is 0 Å². The number of allylic oxidation sites excluding steroid dienone is 1. The molecule has 0 saturated carbocycles. The highest BCUT2D eigenvalue weighted by Crippen LogP contribution is 2.31. The number of carbonyl (C=O) groups excluding carboxylic acids is 1. The number of methoxy groups -OCH3 is 1. The van der Waals surface area contributed by atoms with Crippen LogP contribution in [0.1, 0.15) is 77.2 Å². The summed E-state index contributed by atoms with van der Waals surface area (Å²) in [6.07, 6.45) is 10.6. The van der Waals surface area contributed by atoms with E-state index >= 15 is 0 Å². The first kappa shape index (κ1) is 24.4. The second-order valence-electron chi connectivity index (χ2n) is 8.05. The van der Waals surface area contributed by atoms with Gasteiger partial charge in [0.2, 0.25) is 0 Å². The van der Waals surface area contributed by atoms with Gasteiger partial charge in [-0.1, -0.05) is 56.9 Å². The van der Waals surface area contributed by atoms with Gasteiger partial charge in [0, 0.05) is 11.1 Å². The average molecular weight is 423 g/mol. The van der Waals surface area contributed by atoms with Gasteiger partial charge in [-0.15, -0.1) is 0 Å². The quantitative estimate of drug-likeness (QED) is 0.246. The molecule has 4 heteroatoms. The molecule has 0 aliphatic rings. The van der Waals surface area contributed by atoms with Gasteiger partial charge >= 0.3 is 5.97 Å². The van der Waals surface area contributed by atoms with E-state index in [4.69, 9.17) is 9.84 Å². The molecule has 0 fully saturated rings. The van der Waals surface area contributed by atoms with E-state index in [1.54, 1.807) is 19.3 Å². The number of carboxylic acids is 1. The van der Waals surface area contributed by atoms with Crippen LogP contribution >= 0.6 is 0 Å². The molecular formula is C27H34O4. The van der Waals surface area contributed by atoms with Gasteiger partial charge in [0.15, 0.2) is 5.78 Å². The maximum Gasteiger partial charge on any atom is 0.307 e. The Morgan fingerprint density at radius 3 is 2.32 bits per heavy atom. The molecule has 0 saturated heterocycles. The van der Waals surface area contributed by atoms with Crippen molar-refractivity contribution in [3.05, 3.63) is 69.8 Å². The number of benzene rings is 2. The number of rotatable bonds is 12. The van der Waals surface area contributed by atoms with Crippen LogP contribution < -0.4 is 4.74 Å². The number of carbonyl (C=O) groups is 2. The Hall–Kier alpha value is -2.88. The second-order valence-corrected chi connectivity index (χ2v) is 8.05. The Balaban J connectivity index is 2.09. The number of carboxylic acid groups (broad SMARTS) is 1. The molecule has 0 heterocycles. The minimum Gasteiger partial charge on any atom is -0.496 e. The Morgan fingerprint density at radius 2 is 1.71 bits per heavy atom. The molecule has 31 heavy (non-hydrogen) atoms. The van der Waals surface area contributed by atoms with E-state index in [1.165, 1.54) is 37.7 Å². The molecule has 0 radical (unpaired) electrons. The van der Waals surface area contributed by atoms with Crippen molar-refractivity contribution in [1.82, 2.24) is 0 Å². The highest BCUT2D eigenvalue weighted by Gasteiger charge is 2.15. The van der Waals surface area contributed by atoms with Crippen LogP contribution in [0.5, 0.6) is 5.75 Å². The molecule has 0 aliphatic carbocycles. The fourth-order valence-corrected chi connectivity index (χ4v) is 3.88. The number of hydrogen-bond donors (Lipinski definition) is 1. The lowest BCUT2D eigenvalue weighted by atomic mass is 9.95. The molecule has 0 atom stereocenters. The zero-order valence-electron chi connectivity index (χ0n) is 19.2. The van der Waals surface area contributed by atoms with Gasteiger partial charge < -0.3 is 9.84 Å². The molecule has 0 unspecified atom stereocenters. The summed E-state index contributed by atoms with van der Waals surface area (Å²) in [5.74, 6) is -0.345. The first-order valence-electron chi connectivity index (χ1n) is 11.1. The number of aryl methyl sites for hydroxylation is 2. The lowest BCUT2D eigenvalue weighted by Gasteiger charge is -2.15. The van der Waals surface area contributed by atoms with E-state index in [9.17, 15) is 9.59 Å². The first-order valence-corrected chi connectivity index (χ1v) is 11.1. The summed E-state index contributed by atoms with van der Waals surface area (Å²) in [6.45, 7) is 5.95. The van der Waals surface area contributed by atoms with Crippen LogP contribution in [-0.4, -0.2) is 24.0 Å². The summed E-state index contributed by atoms with van der Waals surface area (Å²) >= 11 is 0. The molecule has 166 valence electrons. The Labute approximate surface area is 186 Å². The summed E-state index contributed by atoms with van der Waals surface area (Å²) in [4.78, 5) is 23.8. The monoisotopic (exact) mass is 422 g/mol. The van der Waals surface area contributed by atoms with E-state index in [0.29, 0.717) is 11.3 Å². The summed E-state index contributed by atoms with van der Waals surface area (Å²) in [6, 6.07) is 9.72. The Bertz CT molecular complexity index is 923. The number of ether oxygens (including phenoxy) is 1. The fourth-order valence-electron chi connectivity index (χ4n) is 3.88. The predicted octanol–water partition coefficient (Wildman–Crippen LogP) is 6.35. The van der Waals surface area contributed by atoms with Crippen molar-refractivity contribution < 1.29 is 19.4 Å². The van der Waals surface area contributed by atoms with Crippen LogP contribution in [0.3, 0.4) is 0 Å². The topological polar surface area (TPSA) is 63.6 Å². The van der Waals surface area contributed by atoms with E-state index in [2.05, 4.69) is 6.92 Å². The van der Waals surface area contributed by atoms with Crippen LogP contribution in [0.2, 0.25) is 0 Å². The largest absolute Gasteiger partial charge is 0.496 e. The van der Waals surface area contributed by atoms with E-state index in [0.717, 1.165) is 28.7 Å². The molecule has 4 nitrogen and oxygen atoms in total. The zero-order chi connectivity index (χ0) is 22.8. The molecule has 0 aromatic heterocycles. The summed E-state index contributed by atoms with van der Waals surface area (Å²) in [7, 11) is 1.56. The summed E-state index contributed by atoms with van der Waals surface area (Å²) in [5.41, 5.74) is 5.10. The number of hydrogen-bond acceptors (Lipinski definition) is 3. The fraction of sp³-hybridized carbons (Fsp3) is 0.407. The third-order valence-electron chi connectivity index (χ3n) is 5.66. The Kier molecular flexibility index (Phi) is 9.51. The van der Waals surface area contributed by atoms with Crippen molar-refractivity contribution in [1.29, 1.82) is 0 Å². The van der Waals surface area contributed by atoms with Gasteiger partial charge in [-0.2, -0.15) is 0 Å². The van der Waals surface area contributed by atoms with Crippen molar-refractivity contribution in [2.45, 2.75) is 65.7 Å². The molecule has 2 rings (SSSR count). The highest BCUT2D eigenvalue weighted by molar-refractivity contribution is 6.07. The maximum atomic E-state index is 12.6. The molecule has 1 N–H and O–H groups in total. The lowest BCUT2D eigenvalue weighted by molar-refractivity contribution is -0.136. The minimum atomic E-state index is -0.879. The molecule has 2 aromatic carbocycles. The first-order chi connectivity index (χ1) is 14.9. The van der Waals surface area contributed by atoms with Crippen molar-refractivity contribution in [3.8, 4) is 5.75 Å². The molecule has 0 spiro atoms. The second kappa shape index (κ2) is 12.1. The lowest BCUT2D eigenvalue weighted by Crippen LogP contribution is -2.06. The normalized spacial score (nSPS) is 11.1. The summed E-state index contributed by atoms with van der Waals surface area (Å²) < 4.78 is 5.51. The number of ketones is 1. The Morgan fingerprint density at radius 1 is 1.03 bits per heavy atom. The van der Waals surface area contributed by atoms with Crippen LogP contribution in [0.25, 0.3) is 6.08 Å². The van der Waals surface area contributed by atoms with E-state index < -0.39 is 5.97 Å². The van der Waals surface area contributed by atoms with E-state index in [1.807, 2.05) is 44.2 Å². The van der Waals surface area contributed by atoms with Crippen molar-refractivity contribution >= 4 is 17.8 Å². The smallest absolute Gasteiger partial charge is 0.307 e. The third kappa shape index (κ3) is 7.09. The van der Waals surface area contributed by atoms with Gasteiger partial charge in [-0.25, -0.2) is 0 Å². The summed E-state index contributed by atoms with van der Waals surface area (Å²) in [5, 5.41) is 9.15. The zero-order valence-corrected chi connectivity index (χ0v) is 19.2. The van der Waals surface area contributed by atoms with Gasteiger partial charge in [0.25, 0.3) is 0 Å². The van der Waals surface area contributed by atoms with Crippen LogP contribution in [0, 0.1) is 13.8 Å². The third-order valence-corrected chi connectivity index (χ3v) is 5.66. The molecular weight excluding hydrogens is 388 g/mol. The van der Waals surface area contributed by atoms with Crippen molar-refractivity contribution in [2.75, 3.05) is 7.11 Å². The van der Waals surface area contributed by atoms with Gasteiger partial charge in [-0.05, 0) is 67.2 Å². The van der Waals surface area contributed by atoms with Gasteiger partial charge in [0.1, 0.15) is 5.75 Å². The number of aliphatic carboxylic acids is 1. The highest BCUT2D eigenvalue weighted by atomic mass is 16.5. The minimum absolute atomic E-state index is 0.0537.